The Morgan fingerprint density at radius 2 is 2.19 bits per heavy atom. The van der Waals surface area contributed by atoms with E-state index in [9.17, 15) is 4.79 Å². The fourth-order valence-electron chi connectivity index (χ4n) is 1.24. The molecule has 0 amide bonds. The van der Waals surface area contributed by atoms with Crippen LogP contribution in [-0.4, -0.2) is 15.9 Å². The second kappa shape index (κ2) is 4.49. The molecule has 2 aromatic rings. The topological polar surface area (TPSA) is 47.2 Å². The van der Waals surface area contributed by atoms with Crippen LogP contribution in [0.2, 0.25) is 10.0 Å². The monoisotopic (exact) mass is 253 g/mol. The Balaban J connectivity index is 2.47. The van der Waals surface area contributed by atoms with E-state index in [2.05, 4.69) is 10.1 Å². The molecule has 1 aromatic carbocycles. The van der Waals surface area contributed by atoms with Crippen molar-refractivity contribution in [3.8, 4) is 5.69 Å². The highest BCUT2D eigenvalue weighted by Crippen LogP contribution is 2.25. The first-order chi connectivity index (χ1) is 7.70. The van der Waals surface area contributed by atoms with Crippen molar-refractivity contribution in [2.24, 2.45) is 4.99 Å². The molecule has 4 nitrogen and oxygen atoms in total. The number of aromatic nitrogens is 2. The second-order valence-electron chi connectivity index (χ2n) is 2.94. The summed E-state index contributed by atoms with van der Waals surface area (Å²) in [6, 6.07) is 4.89. The molecular formula is C10H5Cl2N3O. The van der Waals surface area contributed by atoms with Crippen LogP contribution in [0, 0.1) is 0 Å². The number of halogens is 2. The van der Waals surface area contributed by atoms with Crippen molar-refractivity contribution in [1.29, 1.82) is 0 Å². The largest absolute Gasteiger partial charge is 0.240 e. The zero-order valence-electron chi connectivity index (χ0n) is 7.89. The third-order valence-electron chi connectivity index (χ3n) is 1.90. The van der Waals surface area contributed by atoms with Gasteiger partial charge in [-0.25, -0.2) is 9.48 Å². The average Bonchev–Trinajstić information content (AvgIpc) is 2.65. The van der Waals surface area contributed by atoms with Gasteiger partial charge in [0, 0.05) is 6.20 Å². The van der Waals surface area contributed by atoms with Crippen LogP contribution in [0.3, 0.4) is 0 Å². The number of hydrogen-bond acceptors (Lipinski definition) is 3. The van der Waals surface area contributed by atoms with Gasteiger partial charge in [-0.2, -0.15) is 10.1 Å². The zero-order chi connectivity index (χ0) is 11.5. The first-order valence-electron chi connectivity index (χ1n) is 4.28. The van der Waals surface area contributed by atoms with Crippen molar-refractivity contribution >= 4 is 35.0 Å². The lowest BCUT2D eigenvalue weighted by Gasteiger charge is -2.03. The normalized spacial score (nSPS) is 9.88. The Bertz CT molecular complexity index is 573. The summed E-state index contributed by atoms with van der Waals surface area (Å²) in [6.07, 6.45) is 4.59. The smallest absolute Gasteiger partial charge is 0.238 e. The minimum atomic E-state index is 0.427. The predicted molar refractivity (Wildman–Crippen MR) is 61.4 cm³/mol. The summed E-state index contributed by atoms with van der Waals surface area (Å²) in [6.45, 7) is 0. The summed E-state index contributed by atoms with van der Waals surface area (Å²) in [5, 5.41) is 4.96. The van der Waals surface area contributed by atoms with Crippen molar-refractivity contribution in [3.05, 3.63) is 40.6 Å². The van der Waals surface area contributed by atoms with Gasteiger partial charge in [-0.3, -0.25) is 0 Å². The van der Waals surface area contributed by atoms with Crippen LogP contribution in [-0.2, 0) is 4.79 Å². The van der Waals surface area contributed by atoms with Crippen LogP contribution < -0.4 is 0 Å². The predicted octanol–water partition coefficient (Wildman–Crippen LogP) is 3.15. The number of rotatable bonds is 2. The maximum absolute atomic E-state index is 10.1. The lowest BCUT2D eigenvalue weighted by Crippen LogP contribution is -1.94. The molecule has 1 aromatic heterocycles. The van der Waals surface area contributed by atoms with Crippen molar-refractivity contribution in [2.45, 2.75) is 0 Å². The summed E-state index contributed by atoms with van der Waals surface area (Å²) < 4.78 is 1.54. The van der Waals surface area contributed by atoms with Gasteiger partial charge in [-0.15, -0.1) is 0 Å². The Labute approximate surface area is 101 Å². The van der Waals surface area contributed by atoms with Crippen LogP contribution >= 0.6 is 23.2 Å². The molecule has 0 aliphatic rings. The molecule has 2 rings (SSSR count). The van der Waals surface area contributed by atoms with E-state index in [-0.39, 0.29) is 0 Å². The van der Waals surface area contributed by atoms with Gasteiger partial charge in [-0.1, -0.05) is 23.2 Å². The minimum Gasteiger partial charge on any atom is -0.238 e. The van der Waals surface area contributed by atoms with Gasteiger partial charge in [0.2, 0.25) is 6.08 Å². The lowest BCUT2D eigenvalue weighted by atomic mass is 10.3. The van der Waals surface area contributed by atoms with Gasteiger partial charge in [0.15, 0.2) is 0 Å². The van der Waals surface area contributed by atoms with Crippen molar-refractivity contribution in [1.82, 2.24) is 9.78 Å². The van der Waals surface area contributed by atoms with Gasteiger partial charge in [0.05, 0.1) is 27.6 Å². The molecule has 0 spiro atoms. The van der Waals surface area contributed by atoms with Crippen molar-refractivity contribution < 1.29 is 4.79 Å². The molecule has 0 fully saturated rings. The Hall–Kier alpha value is -1.61. The number of isocyanates is 1. The first kappa shape index (κ1) is 10.9. The van der Waals surface area contributed by atoms with Gasteiger partial charge in [0.25, 0.3) is 0 Å². The van der Waals surface area contributed by atoms with Crippen LogP contribution in [0.5, 0.6) is 0 Å². The number of carbonyl (C=O) groups excluding carboxylic acids is 1. The van der Waals surface area contributed by atoms with E-state index in [1.54, 1.807) is 29.1 Å². The quantitative estimate of drug-likeness (QED) is 0.610. The number of aliphatic imine (C=N–C) groups is 1. The fraction of sp³-hybridized carbons (Fsp3) is 0. The summed E-state index contributed by atoms with van der Waals surface area (Å²) >= 11 is 11.8. The van der Waals surface area contributed by atoms with Crippen LogP contribution in [0.25, 0.3) is 5.69 Å². The SMILES string of the molecule is O=C=Nc1ccc(-n2cc(Cl)cn2)c(Cl)c1. The van der Waals surface area contributed by atoms with Crippen molar-refractivity contribution in [2.75, 3.05) is 0 Å². The molecule has 80 valence electrons. The van der Waals surface area contributed by atoms with E-state index in [1.807, 2.05) is 0 Å². The molecule has 0 aliphatic heterocycles. The summed E-state index contributed by atoms with van der Waals surface area (Å²) in [5.74, 6) is 0. The van der Waals surface area contributed by atoms with Gasteiger partial charge >= 0.3 is 0 Å². The molecule has 0 N–H and O–H groups in total. The van der Waals surface area contributed by atoms with E-state index in [4.69, 9.17) is 23.2 Å². The molecule has 0 aliphatic carbocycles. The minimum absolute atomic E-state index is 0.427. The molecule has 0 bridgehead atoms. The third kappa shape index (κ3) is 2.14. The first-order valence-corrected chi connectivity index (χ1v) is 5.04. The molecular weight excluding hydrogens is 249 g/mol. The van der Waals surface area contributed by atoms with Gasteiger partial charge < -0.3 is 0 Å². The number of hydrogen-bond donors (Lipinski definition) is 0. The van der Waals surface area contributed by atoms with Gasteiger partial charge in [0.1, 0.15) is 0 Å². The van der Waals surface area contributed by atoms with Crippen LogP contribution in [0.4, 0.5) is 5.69 Å². The highest BCUT2D eigenvalue weighted by atomic mass is 35.5. The van der Waals surface area contributed by atoms with Crippen LogP contribution in [0.15, 0.2) is 35.6 Å². The van der Waals surface area contributed by atoms with E-state index in [1.165, 1.54) is 12.3 Å². The number of benzene rings is 1. The molecule has 16 heavy (non-hydrogen) atoms. The summed E-state index contributed by atoms with van der Waals surface area (Å²) in [4.78, 5) is 13.5. The summed E-state index contributed by atoms with van der Waals surface area (Å²) in [7, 11) is 0. The average molecular weight is 254 g/mol. The number of nitrogens with zero attached hydrogens (tertiary/aromatic N) is 3. The second-order valence-corrected chi connectivity index (χ2v) is 3.79. The van der Waals surface area contributed by atoms with Crippen molar-refractivity contribution in [3.63, 3.8) is 0 Å². The molecule has 0 unspecified atom stereocenters. The molecule has 0 atom stereocenters. The molecule has 6 heteroatoms. The van der Waals surface area contributed by atoms with Crippen LogP contribution in [0.1, 0.15) is 0 Å². The molecule has 1 heterocycles. The third-order valence-corrected chi connectivity index (χ3v) is 2.40. The standard InChI is InChI=1S/C10H5Cl2N3O/c11-7-4-14-15(5-7)10-2-1-8(13-6-16)3-9(10)12/h1-5H. The van der Waals surface area contributed by atoms with E-state index in [0.717, 1.165) is 0 Å². The Morgan fingerprint density at radius 3 is 2.75 bits per heavy atom. The van der Waals surface area contributed by atoms with Gasteiger partial charge in [-0.05, 0) is 18.2 Å². The zero-order valence-corrected chi connectivity index (χ0v) is 9.40. The van der Waals surface area contributed by atoms with E-state index in [0.29, 0.717) is 21.4 Å². The summed E-state index contributed by atoms with van der Waals surface area (Å²) in [5.41, 5.74) is 1.11. The van der Waals surface area contributed by atoms with E-state index < -0.39 is 0 Å². The van der Waals surface area contributed by atoms with E-state index >= 15 is 0 Å². The Morgan fingerprint density at radius 1 is 1.38 bits per heavy atom. The molecule has 0 saturated carbocycles. The molecule has 0 saturated heterocycles. The highest BCUT2D eigenvalue weighted by Gasteiger charge is 2.05. The Kier molecular flexibility index (Phi) is 3.06. The maximum atomic E-state index is 10.1. The highest BCUT2D eigenvalue weighted by molar-refractivity contribution is 6.32. The fourth-order valence-corrected chi connectivity index (χ4v) is 1.63. The lowest BCUT2D eigenvalue weighted by molar-refractivity contribution is 0.565. The maximum Gasteiger partial charge on any atom is 0.240 e. The molecule has 0 radical (unpaired) electrons.